The van der Waals surface area contributed by atoms with Crippen molar-refractivity contribution in [2.75, 3.05) is 5.75 Å². The van der Waals surface area contributed by atoms with Gasteiger partial charge in [-0.05, 0) is 18.9 Å². The minimum Gasteiger partial charge on any atom is -0.362 e. The van der Waals surface area contributed by atoms with Gasteiger partial charge in [0.2, 0.25) is 0 Å². The number of thioether (sulfide) groups is 1. The van der Waals surface area contributed by atoms with Gasteiger partial charge >= 0.3 is 0 Å². The zero-order chi connectivity index (χ0) is 13.1. The summed E-state index contributed by atoms with van der Waals surface area (Å²) in [7, 11) is 0. The Hall–Kier alpha value is -1.10. The predicted octanol–water partition coefficient (Wildman–Crippen LogP) is 3.18. The number of amidine groups is 1. The lowest BCUT2D eigenvalue weighted by Crippen LogP contribution is -2.41. The molecular formula is C13H16F2N2S. The van der Waals surface area contributed by atoms with Crippen molar-refractivity contribution in [1.82, 2.24) is 5.32 Å². The molecule has 1 fully saturated rings. The fraction of sp³-hybridized carbons (Fsp3) is 0.462. The van der Waals surface area contributed by atoms with Crippen molar-refractivity contribution >= 4 is 16.9 Å². The van der Waals surface area contributed by atoms with Crippen LogP contribution in [0.1, 0.15) is 19.4 Å². The van der Waals surface area contributed by atoms with Crippen molar-refractivity contribution in [3.8, 4) is 0 Å². The van der Waals surface area contributed by atoms with Crippen LogP contribution in [0.3, 0.4) is 0 Å². The van der Waals surface area contributed by atoms with E-state index in [-0.39, 0.29) is 6.54 Å². The smallest absolute Gasteiger partial charge is 0.157 e. The van der Waals surface area contributed by atoms with Crippen molar-refractivity contribution in [2.45, 2.75) is 26.4 Å². The molecule has 1 aliphatic rings. The SMILES string of the molecule is CC1CSC(=NCc2ccc(F)cc2F)NC1C. The van der Waals surface area contributed by atoms with Crippen LogP contribution in [0, 0.1) is 17.6 Å². The van der Waals surface area contributed by atoms with Gasteiger partial charge in [0, 0.05) is 23.4 Å². The molecule has 0 radical (unpaired) electrons. The molecule has 98 valence electrons. The molecule has 1 saturated heterocycles. The fourth-order valence-electron chi connectivity index (χ4n) is 1.63. The van der Waals surface area contributed by atoms with Crippen LogP contribution in [0.15, 0.2) is 23.2 Å². The molecule has 18 heavy (non-hydrogen) atoms. The van der Waals surface area contributed by atoms with Crippen molar-refractivity contribution < 1.29 is 8.78 Å². The summed E-state index contributed by atoms with van der Waals surface area (Å²) in [6.07, 6.45) is 0. The van der Waals surface area contributed by atoms with Crippen molar-refractivity contribution in [3.63, 3.8) is 0 Å². The lowest BCUT2D eigenvalue weighted by atomic mass is 10.1. The highest BCUT2D eigenvalue weighted by atomic mass is 32.2. The zero-order valence-corrected chi connectivity index (χ0v) is 11.2. The van der Waals surface area contributed by atoms with E-state index in [9.17, 15) is 8.78 Å². The Kier molecular flexibility index (Phi) is 4.22. The molecule has 2 unspecified atom stereocenters. The number of rotatable bonds is 2. The highest BCUT2D eigenvalue weighted by Gasteiger charge is 2.20. The van der Waals surface area contributed by atoms with Crippen LogP contribution in [0.5, 0.6) is 0 Å². The molecule has 2 rings (SSSR count). The van der Waals surface area contributed by atoms with Crippen LogP contribution < -0.4 is 5.32 Å². The first-order chi connectivity index (χ1) is 8.56. The molecule has 1 heterocycles. The Morgan fingerprint density at radius 1 is 1.39 bits per heavy atom. The lowest BCUT2D eigenvalue weighted by Gasteiger charge is -2.28. The third kappa shape index (κ3) is 3.22. The highest BCUT2D eigenvalue weighted by molar-refractivity contribution is 8.13. The predicted molar refractivity (Wildman–Crippen MR) is 71.7 cm³/mol. The zero-order valence-electron chi connectivity index (χ0n) is 10.4. The lowest BCUT2D eigenvalue weighted by molar-refractivity contribution is 0.489. The molecule has 2 nitrogen and oxygen atoms in total. The van der Waals surface area contributed by atoms with E-state index in [0.29, 0.717) is 17.5 Å². The van der Waals surface area contributed by atoms with Crippen LogP contribution in [-0.2, 0) is 6.54 Å². The van der Waals surface area contributed by atoms with Gasteiger partial charge in [-0.25, -0.2) is 8.78 Å². The number of nitrogens with one attached hydrogen (secondary N) is 1. The summed E-state index contributed by atoms with van der Waals surface area (Å²) in [5, 5.41) is 4.12. The van der Waals surface area contributed by atoms with Gasteiger partial charge in [0.05, 0.1) is 6.54 Å². The number of benzene rings is 1. The van der Waals surface area contributed by atoms with Gasteiger partial charge in [-0.3, -0.25) is 4.99 Å². The molecule has 1 aromatic carbocycles. The van der Waals surface area contributed by atoms with E-state index >= 15 is 0 Å². The number of hydrogen-bond acceptors (Lipinski definition) is 2. The summed E-state index contributed by atoms with van der Waals surface area (Å²) in [5.74, 6) is 0.508. The third-order valence-corrected chi connectivity index (χ3v) is 4.31. The number of hydrogen-bond donors (Lipinski definition) is 1. The average Bonchev–Trinajstić information content (AvgIpc) is 2.32. The summed E-state index contributed by atoms with van der Waals surface area (Å²) in [6.45, 7) is 4.53. The van der Waals surface area contributed by atoms with Crippen LogP contribution in [0.4, 0.5) is 8.78 Å². The fourth-order valence-corrected chi connectivity index (χ4v) is 2.77. The third-order valence-electron chi connectivity index (χ3n) is 3.10. The largest absolute Gasteiger partial charge is 0.362 e. The van der Waals surface area contributed by atoms with Gasteiger partial charge in [-0.15, -0.1) is 0 Å². The summed E-state index contributed by atoms with van der Waals surface area (Å²) >= 11 is 1.65. The van der Waals surface area contributed by atoms with E-state index < -0.39 is 11.6 Å². The molecule has 5 heteroatoms. The summed E-state index contributed by atoms with van der Waals surface area (Å²) in [5.41, 5.74) is 0.414. The second-order valence-electron chi connectivity index (χ2n) is 4.58. The van der Waals surface area contributed by atoms with Crippen LogP contribution >= 0.6 is 11.8 Å². The highest BCUT2D eigenvalue weighted by Crippen LogP contribution is 2.20. The summed E-state index contributed by atoms with van der Waals surface area (Å²) in [4.78, 5) is 4.33. The molecule has 0 spiro atoms. The Balaban J connectivity index is 2.02. The van der Waals surface area contributed by atoms with Gasteiger partial charge in [0.1, 0.15) is 11.6 Å². The van der Waals surface area contributed by atoms with Crippen molar-refractivity contribution in [2.24, 2.45) is 10.9 Å². The molecule has 0 saturated carbocycles. The Morgan fingerprint density at radius 2 is 2.17 bits per heavy atom. The molecule has 0 aliphatic carbocycles. The van der Waals surface area contributed by atoms with Crippen molar-refractivity contribution in [3.05, 3.63) is 35.4 Å². The molecule has 2 atom stereocenters. The van der Waals surface area contributed by atoms with Crippen LogP contribution in [-0.4, -0.2) is 17.0 Å². The standard InChI is InChI=1S/C13H16F2N2S/c1-8-7-18-13(17-9(8)2)16-6-10-3-4-11(14)5-12(10)15/h3-5,8-9H,6-7H2,1-2H3,(H,16,17). The van der Waals surface area contributed by atoms with Gasteiger partial charge in [-0.2, -0.15) is 0 Å². The Morgan fingerprint density at radius 3 is 2.83 bits per heavy atom. The summed E-state index contributed by atoms with van der Waals surface area (Å²) < 4.78 is 26.2. The number of halogens is 2. The average molecular weight is 270 g/mol. The molecule has 0 aromatic heterocycles. The molecule has 1 N–H and O–H groups in total. The number of nitrogens with zero attached hydrogens (tertiary/aromatic N) is 1. The minimum absolute atomic E-state index is 0.239. The maximum atomic E-state index is 13.4. The second kappa shape index (κ2) is 5.69. The molecule has 1 aromatic rings. The first kappa shape index (κ1) is 13.3. The first-order valence-corrected chi connectivity index (χ1v) is 6.92. The van der Waals surface area contributed by atoms with Gasteiger partial charge in [-0.1, -0.05) is 24.8 Å². The van der Waals surface area contributed by atoms with Gasteiger partial charge < -0.3 is 5.32 Å². The van der Waals surface area contributed by atoms with E-state index in [1.807, 2.05) is 0 Å². The Labute approximate surface area is 110 Å². The monoisotopic (exact) mass is 270 g/mol. The topological polar surface area (TPSA) is 24.4 Å². The second-order valence-corrected chi connectivity index (χ2v) is 5.59. The minimum atomic E-state index is -0.559. The molecule has 0 bridgehead atoms. The van der Waals surface area contributed by atoms with E-state index in [2.05, 4.69) is 24.2 Å². The Bertz CT molecular complexity index is 462. The molecular weight excluding hydrogens is 254 g/mol. The van der Waals surface area contributed by atoms with E-state index in [0.717, 1.165) is 17.0 Å². The van der Waals surface area contributed by atoms with E-state index in [1.165, 1.54) is 12.1 Å². The summed E-state index contributed by atoms with van der Waals surface area (Å²) in [6, 6.07) is 3.96. The van der Waals surface area contributed by atoms with Gasteiger partial charge in [0.15, 0.2) is 5.17 Å². The van der Waals surface area contributed by atoms with Gasteiger partial charge in [0.25, 0.3) is 0 Å². The molecule has 1 aliphatic heterocycles. The van der Waals surface area contributed by atoms with Crippen LogP contribution in [0.25, 0.3) is 0 Å². The maximum absolute atomic E-state index is 13.4. The first-order valence-electron chi connectivity index (χ1n) is 5.94. The normalized spacial score (nSPS) is 26.1. The molecule has 0 amide bonds. The maximum Gasteiger partial charge on any atom is 0.157 e. The van der Waals surface area contributed by atoms with Crippen LogP contribution in [0.2, 0.25) is 0 Å². The van der Waals surface area contributed by atoms with E-state index in [4.69, 9.17) is 0 Å². The van der Waals surface area contributed by atoms with E-state index in [1.54, 1.807) is 11.8 Å². The quantitative estimate of drug-likeness (QED) is 0.892. The number of aliphatic imine (C=N–C) groups is 1. The van der Waals surface area contributed by atoms with Crippen molar-refractivity contribution in [1.29, 1.82) is 0 Å².